The van der Waals surface area contributed by atoms with Crippen LogP contribution in [0.5, 0.6) is 0 Å². The quantitative estimate of drug-likeness (QED) is 0.571. The van der Waals surface area contributed by atoms with Gasteiger partial charge in [0.05, 0.1) is 5.56 Å². The summed E-state index contributed by atoms with van der Waals surface area (Å²) >= 11 is 7.56. The highest BCUT2D eigenvalue weighted by Gasteiger charge is 2.20. The second-order valence-corrected chi connectivity index (χ2v) is 8.56. The van der Waals surface area contributed by atoms with Crippen LogP contribution in [0.15, 0.2) is 48.1 Å². The summed E-state index contributed by atoms with van der Waals surface area (Å²) in [4.78, 5) is 19.0. The molecule has 2 N–H and O–H groups in total. The highest BCUT2D eigenvalue weighted by molar-refractivity contribution is 7.13. The zero-order valence-electron chi connectivity index (χ0n) is 16.4. The first-order valence-corrected chi connectivity index (χ1v) is 11.2. The van der Waals surface area contributed by atoms with Gasteiger partial charge in [-0.2, -0.15) is 0 Å². The number of benzene rings is 1. The molecule has 7 nitrogen and oxygen atoms in total. The van der Waals surface area contributed by atoms with E-state index in [-0.39, 0.29) is 5.91 Å². The molecule has 1 saturated heterocycles. The van der Waals surface area contributed by atoms with Crippen LogP contribution < -0.4 is 10.6 Å². The predicted molar refractivity (Wildman–Crippen MR) is 120 cm³/mol. The molecule has 30 heavy (non-hydrogen) atoms. The molecule has 0 atom stereocenters. The van der Waals surface area contributed by atoms with E-state index in [1.807, 2.05) is 24.3 Å². The molecule has 0 saturated carbocycles. The zero-order valence-corrected chi connectivity index (χ0v) is 18.0. The molecular formula is C21H23ClN6OS. The minimum absolute atomic E-state index is 0.239. The highest BCUT2D eigenvalue weighted by atomic mass is 35.5. The number of carbonyl (C=O) groups is 1. The van der Waals surface area contributed by atoms with Crippen molar-refractivity contribution in [2.45, 2.75) is 19.4 Å². The Hall–Kier alpha value is -2.55. The molecule has 0 spiro atoms. The zero-order chi connectivity index (χ0) is 20.8. The van der Waals surface area contributed by atoms with Gasteiger partial charge in [0, 0.05) is 24.3 Å². The molecule has 0 radical (unpaired) electrons. The minimum Gasteiger partial charge on any atom is -0.370 e. The Morgan fingerprint density at radius 1 is 1.20 bits per heavy atom. The first-order chi connectivity index (χ1) is 14.7. The van der Waals surface area contributed by atoms with Gasteiger partial charge in [0.15, 0.2) is 0 Å². The van der Waals surface area contributed by atoms with E-state index in [1.165, 1.54) is 16.9 Å². The number of carbonyl (C=O) groups excluding carboxylic acids is 1. The lowest BCUT2D eigenvalue weighted by Crippen LogP contribution is -2.35. The molecule has 0 bridgehead atoms. The van der Waals surface area contributed by atoms with Gasteiger partial charge in [0.1, 0.15) is 11.3 Å². The average molecular weight is 443 g/mol. The Balaban J connectivity index is 1.21. The first-order valence-electron chi connectivity index (χ1n) is 9.90. The van der Waals surface area contributed by atoms with Crippen molar-refractivity contribution >= 4 is 39.8 Å². The topological polar surface area (TPSA) is 83.0 Å². The van der Waals surface area contributed by atoms with Crippen LogP contribution in [0.3, 0.4) is 0 Å². The molecule has 1 amide bonds. The molecule has 1 aliphatic heterocycles. The number of piperidine rings is 1. The summed E-state index contributed by atoms with van der Waals surface area (Å²) in [7, 11) is 0. The summed E-state index contributed by atoms with van der Waals surface area (Å²) in [6, 6.07) is 11.6. The Bertz CT molecular complexity index is 958. The summed E-state index contributed by atoms with van der Waals surface area (Å²) < 4.78 is 0. The number of likely N-dealkylation sites (tertiary alicyclic amines) is 1. The Morgan fingerprint density at radius 3 is 2.73 bits per heavy atom. The number of hydrogen-bond donors (Lipinski definition) is 2. The van der Waals surface area contributed by atoms with Crippen molar-refractivity contribution in [2.75, 3.05) is 30.3 Å². The third-order valence-electron chi connectivity index (χ3n) is 5.24. The summed E-state index contributed by atoms with van der Waals surface area (Å²) in [6.07, 6.45) is 3.85. The third kappa shape index (κ3) is 5.53. The maximum Gasteiger partial charge on any atom is 0.259 e. The van der Waals surface area contributed by atoms with Crippen LogP contribution in [0.25, 0.3) is 0 Å². The van der Waals surface area contributed by atoms with Crippen LogP contribution in [0, 0.1) is 5.92 Å². The molecule has 4 rings (SSSR count). The van der Waals surface area contributed by atoms with Gasteiger partial charge in [0.25, 0.3) is 5.91 Å². The van der Waals surface area contributed by atoms with Gasteiger partial charge in [0.2, 0.25) is 5.13 Å². The number of pyridine rings is 1. The summed E-state index contributed by atoms with van der Waals surface area (Å²) in [5.41, 5.74) is 3.25. The number of nitrogens with zero attached hydrogens (tertiary/aromatic N) is 4. The van der Waals surface area contributed by atoms with E-state index in [2.05, 4.69) is 36.8 Å². The van der Waals surface area contributed by atoms with Crippen LogP contribution in [0.1, 0.15) is 28.8 Å². The molecule has 0 unspecified atom stereocenters. The van der Waals surface area contributed by atoms with Crippen LogP contribution in [-0.4, -0.2) is 45.6 Å². The lowest BCUT2D eigenvalue weighted by atomic mass is 9.96. The first kappa shape index (κ1) is 20.7. The number of amides is 1. The smallest absolute Gasteiger partial charge is 0.259 e. The summed E-state index contributed by atoms with van der Waals surface area (Å²) in [5, 5.41) is 14.9. The molecule has 9 heteroatoms. The molecule has 1 fully saturated rings. The van der Waals surface area contributed by atoms with Gasteiger partial charge in [-0.1, -0.05) is 41.1 Å². The number of nitrogens with one attached hydrogen (secondary N) is 2. The van der Waals surface area contributed by atoms with E-state index in [4.69, 9.17) is 11.6 Å². The third-order valence-corrected chi connectivity index (χ3v) is 6.21. The SMILES string of the molecule is O=C(Nc1nncs1)c1ccc(NCC2CCN(Cc3ccccc3Cl)CC2)nc1. The largest absolute Gasteiger partial charge is 0.370 e. The summed E-state index contributed by atoms with van der Waals surface area (Å²) in [5.74, 6) is 1.15. The van der Waals surface area contributed by atoms with Crippen molar-refractivity contribution in [1.82, 2.24) is 20.1 Å². The van der Waals surface area contributed by atoms with Crippen LogP contribution in [0.4, 0.5) is 10.9 Å². The van der Waals surface area contributed by atoms with Crippen molar-refractivity contribution in [3.05, 3.63) is 64.3 Å². The van der Waals surface area contributed by atoms with Crippen molar-refractivity contribution in [3.63, 3.8) is 0 Å². The molecule has 1 aromatic carbocycles. The number of aromatic nitrogens is 3. The Kier molecular flexibility index (Phi) is 6.88. The average Bonchev–Trinajstić information content (AvgIpc) is 3.28. The monoisotopic (exact) mass is 442 g/mol. The van der Waals surface area contributed by atoms with Crippen LogP contribution in [-0.2, 0) is 6.54 Å². The van der Waals surface area contributed by atoms with Crippen molar-refractivity contribution in [2.24, 2.45) is 5.92 Å². The molecule has 3 aromatic rings. The van der Waals surface area contributed by atoms with Crippen LogP contribution >= 0.6 is 22.9 Å². The lowest BCUT2D eigenvalue weighted by molar-refractivity contribution is 0.102. The second kappa shape index (κ2) is 9.97. The van der Waals surface area contributed by atoms with Gasteiger partial charge < -0.3 is 5.32 Å². The van der Waals surface area contributed by atoms with Gasteiger partial charge in [-0.3, -0.25) is 15.0 Å². The molecule has 156 valence electrons. The van der Waals surface area contributed by atoms with Crippen molar-refractivity contribution in [3.8, 4) is 0 Å². The maximum atomic E-state index is 12.2. The fourth-order valence-electron chi connectivity index (χ4n) is 3.49. The predicted octanol–water partition coefficient (Wildman–Crippen LogP) is 4.16. The summed E-state index contributed by atoms with van der Waals surface area (Å²) in [6.45, 7) is 3.91. The fraction of sp³-hybridized carbons (Fsp3) is 0.333. The molecule has 2 aromatic heterocycles. The van der Waals surface area contributed by atoms with Gasteiger partial charge in [-0.25, -0.2) is 4.98 Å². The Labute approximate surface area is 184 Å². The number of halogens is 1. The second-order valence-electron chi connectivity index (χ2n) is 7.32. The molecule has 0 aliphatic carbocycles. The van der Waals surface area contributed by atoms with Crippen LogP contribution in [0.2, 0.25) is 5.02 Å². The van der Waals surface area contributed by atoms with Gasteiger partial charge in [-0.15, -0.1) is 10.2 Å². The fourth-order valence-corrected chi connectivity index (χ4v) is 4.13. The van der Waals surface area contributed by atoms with Crippen molar-refractivity contribution in [1.29, 1.82) is 0 Å². The van der Waals surface area contributed by atoms with E-state index in [1.54, 1.807) is 17.8 Å². The van der Waals surface area contributed by atoms with Crippen molar-refractivity contribution < 1.29 is 4.79 Å². The molecule has 1 aliphatic rings. The number of rotatable bonds is 7. The normalized spacial score (nSPS) is 15.1. The molecule has 3 heterocycles. The van der Waals surface area contributed by atoms with E-state index in [0.29, 0.717) is 16.6 Å². The van der Waals surface area contributed by atoms with Gasteiger partial charge >= 0.3 is 0 Å². The number of anilines is 2. The maximum absolute atomic E-state index is 12.2. The minimum atomic E-state index is -0.239. The standard InChI is InChI=1S/C21H23ClN6OS/c22-18-4-2-1-3-17(18)13-28-9-7-15(8-10-28)11-23-19-6-5-16(12-24-19)20(29)26-21-27-25-14-30-21/h1-6,12,14-15H,7-11,13H2,(H,23,24)(H,26,27,29). The van der Waals surface area contributed by atoms with E-state index in [9.17, 15) is 4.79 Å². The van der Waals surface area contributed by atoms with Gasteiger partial charge in [-0.05, 0) is 55.6 Å². The highest BCUT2D eigenvalue weighted by Crippen LogP contribution is 2.22. The number of hydrogen-bond acceptors (Lipinski definition) is 7. The Morgan fingerprint density at radius 2 is 2.03 bits per heavy atom. The van der Waals surface area contributed by atoms with E-state index < -0.39 is 0 Å². The van der Waals surface area contributed by atoms with E-state index >= 15 is 0 Å². The van der Waals surface area contributed by atoms with E-state index in [0.717, 1.165) is 49.9 Å². The lowest BCUT2D eigenvalue weighted by Gasteiger charge is -2.32. The molecular weight excluding hydrogens is 420 g/mol.